The maximum absolute atomic E-state index is 13.4. The second-order valence-electron chi connectivity index (χ2n) is 4.70. The summed E-state index contributed by atoms with van der Waals surface area (Å²) in [5, 5.41) is 9.05. The number of benzene rings is 2. The van der Waals surface area contributed by atoms with Gasteiger partial charge in [-0.25, -0.2) is 4.39 Å². The molecule has 2 aromatic rings. The molecule has 0 N–H and O–H groups in total. The van der Waals surface area contributed by atoms with Crippen molar-refractivity contribution in [3.05, 3.63) is 70.0 Å². The SMILES string of the molecule is CN(Cc1cccc(C#N)c1)Cc1cccc(F)c1Cl. The number of nitrogens with zero attached hydrogens (tertiary/aromatic N) is 2. The van der Waals surface area contributed by atoms with Crippen LogP contribution in [-0.4, -0.2) is 11.9 Å². The van der Waals surface area contributed by atoms with Crippen molar-refractivity contribution in [2.24, 2.45) is 0 Å². The number of nitriles is 1. The Morgan fingerprint density at radius 2 is 1.95 bits per heavy atom. The van der Waals surface area contributed by atoms with Crippen LogP contribution >= 0.6 is 11.6 Å². The molecule has 0 radical (unpaired) electrons. The molecule has 0 fully saturated rings. The second kappa shape index (κ2) is 6.51. The van der Waals surface area contributed by atoms with Crippen LogP contribution in [0.4, 0.5) is 4.39 Å². The molecule has 20 heavy (non-hydrogen) atoms. The molecule has 0 aliphatic rings. The van der Waals surface area contributed by atoms with Gasteiger partial charge < -0.3 is 0 Å². The van der Waals surface area contributed by atoms with Crippen molar-refractivity contribution in [2.45, 2.75) is 13.1 Å². The summed E-state index contributed by atoms with van der Waals surface area (Å²) in [6.45, 7) is 1.22. The van der Waals surface area contributed by atoms with Crippen LogP contribution in [0, 0.1) is 17.1 Å². The van der Waals surface area contributed by atoms with Crippen LogP contribution in [0.2, 0.25) is 5.02 Å². The Labute approximate surface area is 123 Å². The van der Waals surface area contributed by atoms with Crippen molar-refractivity contribution >= 4 is 11.6 Å². The lowest BCUT2D eigenvalue weighted by molar-refractivity contribution is 0.318. The van der Waals surface area contributed by atoms with Crippen molar-refractivity contribution in [1.82, 2.24) is 4.90 Å². The summed E-state index contributed by atoms with van der Waals surface area (Å²) in [6.07, 6.45) is 0. The van der Waals surface area contributed by atoms with Gasteiger partial charge in [-0.05, 0) is 36.4 Å². The van der Waals surface area contributed by atoms with E-state index in [1.807, 2.05) is 36.2 Å². The molecule has 2 nitrogen and oxygen atoms in total. The van der Waals surface area contributed by atoms with E-state index in [0.29, 0.717) is 18.7 Å². The molecule has 0 unspecified atom stereocenters. The Balaban J connectivity index is 2.07. The minimum atomic E-state index is -0.399. The fourth-order valence-electron chi connectivity index (χ4n) is 2.07. The maximum atomic E-state index is 13.4. The van der Waals surface area contributed by atoms with Gasteiger partial charge in [-0.3, -0.25) is 4.90 Å². The van der Waals surface area contributed by atoms with Crippen LogP contribution < -0.4 is 0 Å². The average Bonchev–Trinajstić information content (AvgIpc) is 2.44. The topological polar surface area (TPSA) is 27.0 Å². The predicted molar refractivity (Wildman–Crippen MR) is 77.7 cm³/mol. The van der Waals surface area contributed by atoms with E-state index in [4.69, 9.17) is 16.9 Å². The number of hydrogen-bond acceptors (Lipinski definition) is 2. The third-order valence-electron chi connectivity index (χ3n) is 2.98. The van der Waals surface area contributed by atoms with Crippen molar-refractivity contribution in [1.29, 1.82) is 5.26 Å². The summed E-state index contributed by atoms with van der Waals surface area (Å²) in [6, 6.07) is 14.4. The lowest BCUT2D eigenvalue weighted by Crippen LogP contribution is -2.17. The zero-order chi connectivity index (χ0) is 14.5. The fraction of sp³-hybridized carbons (Fsp3) is 0.188. The van der Waals surface area contributed by atoms with Crippen molar-refractivity contribution < 1.29 is 4.39 Å². The summed E-state index contributed by atoms with van der Waals surface area (Å²) >= 11 is 5.94. The van der Waals surface area contributed by atoms with E-state index in [1.54, 1.807) is 12.1 Å². The zero-order valence-corrected chi connectivity index (χ0v) is 11.9. The quantitative estimate of drug-likeness (QED) is 0.851. The van der Waals surface area contributed by atoms with Crippen molar-refractivity contribution in [3.8, 4) is 6.07 Å². The van der Waals surface area contributed by atoms with Crippen LogP contribution in [0.15, 0.2) is 42.5 Å². The van der Waals surface area contributed by atoms with Gasteiger partial charge >= 0.3 is 0 Å². The minimum absolute atomic E-state index is 0.171. The fourth-order valence-corrected chi connectivity index (χ4v) is 2.25. The monoisotopic (exact) mass is 288 g/mol. The predicted octanol–water partition coefficient (Wildman–Crippen LogP) is 3.98. The Morgan fingerprint density at radius 1 is 1.20 bits per heavy atom. The molecule has 2 rings (SSSR count). The highest BCUT2D eigenvalue weighted by Crippen LogP contribution is 2.21. The highest BCUT2D eigenvalue weighted by Gasteiger charge is 2.08. The largest absolute Gasteiger partial charge is 0.298 e. The molecule has 0 saturated carbocycles. The lowest BCUT2D eigenvalue weighted by atomic mass is 10.1. The van der Waals surface area contributed by atoms with Crippen LogP contribution in [0.25, 0.3) is 0 Å². The van der Waals surface area contributed by atoms with Crippen molar-refractivity contribution in [2.75, 3.05) is 7.05 Å². The Kier molecular flexibility index (Phi) is 4.73. The summed E-state index contributed by atoms with van der Waals surface area (Å²) in [7, 11) is 1.93. The molecule has 4 heteroatoms. The first-order valence-electron chi connectivity index (χ1n) is 6.20. The van der Waals surface area contributed by atoms with E-state index in [0.717, 1.165) is 11.1 Å². The molecule has 0 spiro atoms. The molecule has 2 aromatic carbocycles. The number of rotatable bonds is 4. The van der Waals surface area contributed by atoms with Crippen LogP contribution in [0.1, 0.15) is 16.7 Å². The Morgan fingerprint density at radius 3 is 2.70 bits per heavy atom. The van der Waals surface area contributed by atoms with E-state index in [2.05, 4.69) is 6.07 Å². The third kappa shape index (κ3) is 3.57. The summed E-state index contributed by atoms with van der Waals surface area (Å²) in [5.41, 5.74) is 2.43. The molecule has 0 aliphatic heterocycles. The van der Waals surface area contributed by atoms with Crippen LogP contribution in [-0.2, 0) is 13.1 Å². The van der Waals surface area contributed by atoms with Gasteiger partial charge in [0.1, 0.15) is 5.82 Å². The molecular weight excluding hydrogens is 275 g/mol. The molecule has 0 bridgehead atoms. The molecule has 0 atom stereocenters. The zero-order valence-electron chi connectivity index (χ0n) is 11.1. The third-order valence-corrected chi connectivity index (χ3v) is 3.40. The van der Waals surface area contributed by atoms with Crippen molar-refractivity contribution in [3.63, 3.8) is 0 Å². The van der Waals surface area contributed by atoms with Gasteiger partial charge in [0.15, 0.2) is 0 Å². The standard InChI is InChI=1S/C16H14ClFN2/c1-20(10-13-5-2-4-12(8-13)9-19)11-14-6-3-7-15(18)16(14)17/h2-8H,10-11H2,1H3. The second-order valence-corrected chi connectivity index (χ2v) is 5.08. The van der Waals surface area contributed by atoms with Gasteiger partial charge in [0.05, 0.1) is 16.7 Å². The van der Waals surface area contributed by atoms with Gasteiger partial charge in [0.2, 0.25) is 0 Å². The first-order valence-corrected chi connectivity index (χ1v) is 6.58. The molecule has 0 heterocycles. The van der Waals surface area contributed by atoms with E-state index in [-0.39, 0.29) is 5.02 Å². The van der Waals surface area contributed by atoms with Gasteiger partial charge in [0, 0.05) is 13.1 Å². The lowest BCUT2D eigenvalue weighted by Gasteiger charge is -2.17. The minimum Gasteiger partial charge on any atom is -0.298 e. The summed E-state index contributed by atoms with van der Waals surface area (Å²) in [4.78, 5) is 2.02. The summed E-state index contributed by atoms with van der Waals surface area (Å²) < 4.78 is 13.4. The van der Waals surface area contributed by atoms with E-state index in [9.17, 15) is 4.39 Å². The van der Waals surface area contributed by atoms with Gasteiger partial charge in [0.25, 0.3) is 0 Å². The number of hydrogen-bond donors (Lipinski definition) is 0. The normalized spacial score (nSPS) is 10.6. The highest BCUT2D eigenvalue weighted by molar-refractivity contribution is 6.31. The van der Waals surface area contributed by atoms with E-state index >= 15 is 0 Å². The average molecular weight is 289 g/mol. The van der Waals surface area contributed by atoms with E-state index < -0.39 is 5.82 Å². The molecule has 102 valence electrons. The first kappa shape index (κ1) is 14.5. The number of halogens is 2. The highest BCUT2D eigenvalue weighted by atomic mass is 35.5. The van der Waals surface area contributed by atoms with Gasteiger partial charge in [-0.15, -0.1) is 0 Å². The molecule has 0 aliphatic carbocycles. The van der Waals surface area contributed by atoms with E-state index in [1.165, 1.54) is 6.07 Å². The molecule has 0 amide bonds. The van der Waals surface area contributed by atoms with Gasteiger partial charge in [-0.2, -0.15) is 5.26 Å². The van der Waals surface area contributed by atoms with Crippen LogP contribution in [0.3, 0.4) is 0 Å². The first-order chi connectivity index (χ1) is 9.60. The van der Waals surface area contributed by atoms with Gasteiger partial charge in [-0.1, -0.05) is 35.9 Å². The summed E-state index contributed by atoms with van der Waals surface area (Å²) in [5.74, 6) is -0.399. The molecule has 0 aromatic heterocycles. The van der Waals surface area contributed by atoms with Crippen LogP contribution in [0.5, 0.6) is 0 Å². The smallest absolute Gasteiger partial charge is 0.142 e. The molecular formula is C16H14ClFN2. The Hall–Kier alpha value is -1.89. The molecule has 0 saturated heterocycles. The maximum Gasteiger partial charge on any atom is 0.142 e. The Bertz CT molecular complexity index is 649.